The highest BCUT2D eigenvalue weighted by Gasteiger charge is 2.33. The van der Waals surface area contributed by atoms with Gasteiger partial charge in [-0.3, -0.25) is 4.90 Å². The summed E-state index contributed by atoms with van der Waals surface area (Å²) in [6, 6.07) is 12.0. The van der Waals surface area contributed by atoms with Crippen molar-refractivity contribution in [2.24, 2.45) is 0 Å². The predicted octanol–water partition coefficient (Wildman–Crippen LogP) is 3.21. The third-order valence-corrected chi connectivity index (χ3v) is 6.12. The highest BCUT2D eigenvalue weighted by Crippen LogP contribution is 2.33. The molecule has 1 aliphatic rings. The highest BCUT2D eigenvalue weighted by molar-refractivity contribution is 7.19. The number of hydrogen-bond donors (Lipinski definition) is 0. The number of benzene rings is 1. The van der Waals surface area contributed by atoms with Crippen molar-refractivity contribution in [3.05, 3.63) is 53.5 Å². The van der Waals surface area contributed by atoms with E-state index in [2.05, 4.69) is 53.7 Å². The minimum Gasteiger partial charge on any atom is -0.451 e. The van der Waals surface area contributed by atoms with Crippen molar-refractivity contribution in [3.8, 4) is 11.8 Å². The van der Waals surface area contributed by atoms with E-state index in [1.165, 1.54) is 0 Å². The van der Waals surface area contributed by atoms with Crippen LogP contribution in [0.2, 0.25) is 0 Å². The molecule has 1 unspecified atom stereocenters. The SMILES string of the molecule is CC(C)(P)C(C)(C)O[B]c1ccc(C#Cc2ccc(CN3CCOCC3)o2)cc1. The van der Waals surface area contributed by atoms with Gasteiger partial charge in [0.15, 0.2) is 5.76 Å². The van der Waals surface area contributed by atoms with Gasteiger partial charge in [0.05, 0.1) is 25.4 Å². The maximum absolute atomic E-state index is 6.01. The molecule has 0 aliphatic carbocycles. The van der Waals surface area contributed by atoms with Crippen molar-refractivity contribution in [1.82, 2.24) is 4.90 Å². The van der Waals surface area contributed by atoms with Crippen LogP contribution in [0.4, 0.5) is 0 Å². The van der Waals surface area contributed by atoms with Gasteiger partial charge in [0.25, 0.3) is 0 Å². The lowest BCUT2D eigenvalue weighted by Crippen LogP contribution is -2.45. The molecule has 1 aromatic carbocycles. The second kappa shape index (κ2) is 9.50. The molecule has 1 aliphatic heterocycles. The molecule has 29 heavy (non-hydrogen) atoms. The molecule has 1 fully saturated rings. The van der Waals surface area contributed by atoms with E-state index in [4.69, 9.17) is 13.8 Å². The average molecular weight is 410 g/mol. The van der Waals surface area contributed by atoms with Crippen molar-refractivity contribution in [1.29, 1.82) is 0 Å². The summed E-state index contributed by atoms with van der Waals surface area (Å²) in [4.78, 5) is 2.33. The summed E-state index contributed by atoms with van der Waals surface area (Å²) in [5.74, 6) is 7.91. The van der Waals surface area contributed by atoms with Gasteiger partial charge in [0.1, 0.15) is 5.76 Å². The summed E-state index contributed by atoms with van der Waals surface area (Å²) in [6.07, 6.45) is 0. The summed E-state index contributed by atoms with van der Waals surface area (Å²) < 4.78 is 17.2. The first kappa shape index (κ1) is 22.1. The molecule has 0 saturated carbocycles. The van der Waals surface area contributed by atoms with Gasteiger partial charge < -0.3 is 13.8 Å². The Morgan fingerprint density at radius 1 is 1.03 bits per heavy atom. The average Bonchev–Trinajstić information content (AvgIpc) is 3.13. The zero-order valence-corrected chi connectivity index (χ0v) is 19.0. The molecule has 0 bridgehead atoms. The number of rotatable bonds is 6. The van der Waals surface area contributed by atoms with E-state index in [1.54, 1.807) is 0 Å². The van der Waals surface area contributed by atoms with Crippen molar-refractivity contribution >= 4 is 22.2 Å². The van der Waals surface area contributed by atoms with Crippen molar-refractivity contribution in [2.75, 3.05) is 26.3 Å². The van der Waals surface area contributed by atoms with Crippen LogP contribution in [0.25, 0.3) is 0 Å². The minimum absolute atomic E-state index is 0.0292. The fourth-order valence-electron chi connectivity index (χ4n) is 2.66. The quantitative estimate of drug-likeness (QED) is 0.416. The van der Waals surface area contributed by atoms with Crippen LogP contribution >= 0.6 is 9.24 Å². The molecule has 1 aromatic heterocycles. The van der Waals surface area contributed by atoms with Gasteiger partial charge in [-0.25, -0.2) is 0 Å². The van der Waals surface area contributed by atoms with Gasteiger partial charge in [-0.05, 0) is 44.0 Å². The Morgan fingerprint density at radius 2 is 1.72 bits per heavy atom. The maximum Gasteiger partial charge on any atom is 0.330 e. The zero-order valence-electron chi connectivity index (χ0n) is 17.8. The van der Waals surface area contributed by atoms with Crippen LogP contribution in [-0.2, 0) is 15.9 Å². The van der Waals surface area contributed by atoms with Gasteiger partial charge in [-0.1, -0.05) is 37.4 Å². The Balaban J connectivity index is 1.55. The van der Waals surface area contributed by atoms with Crippen LogP contribution < -0.4 is 5.46 Å². The number of furan rings is 1. The predicted molar refractivity (Wildman–Crippen MR) is 122 cm³/mol. The van der Waals surface area contributed by atoms with Crippen molar-refractivity contribution < 1.29 is 13.8 Å². The van der Waals surface area contributed by atoms with Gasteiger partial charge >= 0.3 is 7.48 Å². The molecule has 1 radical (unpaired) electrons. The Morgan fingerprint density at radius 3 is 2.38 bits per heavy atom. The molecule has 6 heteroatoms. The van der Waals surface area contributed by atoms with Crippen LogP contribution in [0.5, 0.6) is 0 Å². The van der Waals surface area contributed by atoms with E-state index in [0.717, 1.165) is 49.6 Å². The lowest BCUT2D eigenvalue weighted by molar-refractivity contribution is 0.0313. The van der Waals surface area contributed by atoms with E-state index >= 15 is 0 Å². The fraction of sp³-hybridized carbons (Fsp3) is 0.478. The summed E-state index contributed by atoms with van der Waals surface area (Å²) >= 11 is 0. The molecular formula is C23H30BNO3P. The second-order valence-electron chi connectivity index (χ2n) is 8.49. The largest absolute Gasteiger partial charge is 0.451 e. The third kappa shape index (κ3) is 6.46. The third-order valence-electron chi connectivity index (χ3n) is 5.43. The second-order valence-corrected chi connectivity index (χ2v) is 9.94. The van der Waals surface area contributed by atoms with Crippen molar-refractivity contribution in [3.63, 3.8) is 0 Å². The van der Waals surface area contributed by atoms with Gasteiger partial charge in [0, 0.05) is 23.8 Å². The lowest BCUT2D eigenvalue weighted by Gasteiger charge is -2.39. The molecule has 1 atom stereocenters. The molecule has 2 aromatic rings. The fourth-order valence-corrected chi connectivity index (χ4v) is 2.72. The zero-order chi connectivity index (χ0) is 20.9. The summed E-state index contributed by atoms with van der Waals surface area (Å²) in [5, 5.41) is -0.0292. The number of nitrogens with zero attached hydrogens (tertiary/aromatic N) is 1. The monoisotopic (exact) mass is 410 g/mol. The van der Waals surface area contributed by atoms with E-state index in [0.29, 0.717) is 5.76 Å². The number of morpholine rings is 1. The topological polar surface area (TPSA) is 34.8 Å². The van der Waals surface area contributed by atoms with E-state index in [9.17, 15) is 0 Å². The smallest absolute Gasteiger partial charge is 0.330 e. The minimum atomic E-state index is -0.283. The Labute approximate surface area is 177 Å². The van der Waals surface area contributed by atoms with Crippen LogP contribution in [-0.4, -0.2) is 49.4 Å². The van der Waals surface area contributed by atoms with Crippen LogP contribution in [0.3, 0.4) is 0 Å². The standard InChI is InChI=1S/C23H30BNO3P/c1-22(2,23(3,4)29)28-24-19-8-5-18(6-9-19)7-10-20-11-12-21(27-20)17-25-13-15-26-16-14-25/h5-6,8-9,11-12H,13-17,29H2,1-4H3. The van der Waals surface area contributed by atoms with Gasteiger partial charge in [-0.2, -0.15) is 0 Å². The molecule has 0 N–H and O–H groups in total. The van der Waals surface area contributed by atoms with E-state index in [1.807, 2.05) is 43.9 Å². The highest BCUT2D eigenvalue weighted by atomic mass is 31.0. The van der Waals surface area contributed by atoms with E-state index < -0.39 is 0 Å². The molecule has 1 saturated heterocycles. The molecule has 153 valence electrons. The van der Waals surface area contributed by atoms with E-state index in [-0.39, 0.29) is 10.8 Å². The van der Waals surface area contributed by atoms with Gasteiger partial charge in [-0.15, -0.1) is 9.24 Å². The van der Waals surface area contributed by atoms with Crippen LogP contribution in [0.1, 0.15) is 44.8 Å². The molecule has 0 amide bonds. The number of ether oxygens (including phenoxy) is 1. The molecule has 0 spiro atoms. The Hall–Kier alpha value is -1.57. The molecule has 2 heterocycles. The van der Waals surface area contributed by atoms with Crippen molar-refractivity contribution in [2.45, 2.75) is 45.0 Å². The summed E-state index contributed by atoms with van der Waals surface area (Å²) in [5.41, 5.74) is 1.68. The molecule has 4 nitrogen and oxygen atoms in total. The normalized spacial score (nSPS) is 15.6. The first-order valence-electron chi connectivity index (χ1n) is 10.0. The Kier molecular flexibility index (Phi) is 7.25. The first-order valence-corrected chi connectivity index (χ1v) is 10.6. The first-order chi connectivity index (χ1) is 13.7. The summed E-state index contributed by atoms with van der Waals surface area (Å²) in [6.45, 7) is 12.7. The molecular weight excluding hydrogens is 380 g/mol. The van der Waals surface area contributed by atoms with Gasteiger partial charge in [0.2, 0.25) is 0 Å². The summed E-state index contributed by atoms with van der Waals surface area (Å²) in [7, 11) is 4.66. The lowest BCUT2D eigenvalue weighted by atomic mass is 9.83. The van der Waals surface area contributed by atoms with Crippen LogP contribution in [0.15, 0.2) is 40.8 Å². The molecule has 3 rings (SSSR count). The Bertz CT molecular complexity index is 853. The maximum atomic E-state index is 6.01. The number of hydrogen-bond acceptors (Lipinski definition) is 4. The van der Waals surface area contributed by atoms with Crippen LogP contribution in [0, 0.1) is 11.8 Å².